The van der Waals surface area contributed by atoms with Gasteiger partial charge >= 0.3 is 0 Å². The van der Waals surface area contributed by atoms with Crippen LogP contribution in [0.4, 0.5) is 14.5 Å². The van der Waals surface area contributed by atoms with Crippen molar-refractivity contribution in [2.24, 2.45) is 5.92 Å². The molecule has 4 nitrogen and oxygen atoms in total. The van der Waals surface area contributed by atoms with Crippen molar-refractivity contribution >= 4 is 17.4 Å². The lowest BCUT2D eigenvalue weighted by Gasteiger charge is -2.47. The predicted octanol–water partition coefficient (Wildman–Crippen LogP) is 6.48. The van der Waals surface area contributed by atoms with Crippen LogP contribution in [0.3, 0.4) is 0 Å². The molecule has 1 aliphatic heterocycles. The number of phenols is 1. The van der Waals surface area contributed by atoms with Crippen LogP contribution in [0, 0.1) is 11.7 Å². The number of carbonyl (C=O) groups excluding carboxylic acids is 2. The molecule has 5 rings (SSSR count). The fourth-order valence-corrected chi connectivity index (χ4v) is 4.91. The number of amides is 1. The Bertz CT molecular complexity index is 1350. The van der Waals surface area contributed by atoms with E-state index in [2.05, 4.69) is 0 Å². The van der Waals surface area contributed by atoms with Gasteiger partial charge in [-0.15, -0.1) is 0 Å². The van der Waals surface area contributed by atoms with Crippen molar-refractivity contribution in [3.05, 3.63) is 108 Å². The number of phenolic OH excluding ortho intramolecular Hbond substituents is 1. The molecule has 2 aliphatic rings. The largest absolute Gasteiger partial charge is 0.507 e. The van der Waals surface area contributed by atoms with Gasteiger partial charge in [0.25, 0.3) is 0 Å². The second-order valence-electron chi connectivity index (χ2n) is 9.11. The number of halogens is 2. The Morgan fingerprint density at radius 2 is 1.72 bits per heavy atom. The zero-order valence-corrected chi connectivity index (χ0v) is 19.5. The van der Waals surface area contributed by atoms with Crippen LogP contribution < -0.4 is 4.90 Å². The minimum atomic E-state index is -1.07. The standard InChI is InChI=1S/C30H25F2NO3/c31-22-11-9-20(10-12-22)27(34)18-17-26-29(33(30(26)36)24-15-13-23(32)14-16-24)21-7-5-19(6-8-21)25-3-1-2-4-28(25)35/h1-11,13-16,22,26,29,35H,12,17-18H2/t22?,26?,29-/m1/s1. The molecule has 1 heterocycles. The summed E-state index contributed by atoms with van der Waals surface area (Å²) in [6.07, 6.45) is 4.15. The van der Waals surface area contributed by atoms with E-state index in [9.17, 15) is 23.5 Å². The van der Waals surface area contributed by atoms with E-state index in [-0.39, 0.29) is 42.1 Å². The second-order valence-corrected chi connectivity index (χ2v) is 9.11. The smallest absolute Gasteiger partial charge is 0.233 e. The molecule has 0 saturated carbocycles. The van der Waals surface area contributed by atoms with Crippen molar-refractivity contribution in [1.82, 2.24) is 0 Å². The lowest BCUT2D eigenvalue weighted by molar-refractivity contribution is -0.131. The number of β-lactam (4-membered cyclic amide) rings is 1. The fourth-order valence-electron chi connectivity index (χ4n) is 4.91. The number of alkyl halides is 1. The van der Waals surface area contributed by atoms with Crippen molar-refractivity contribution in [3.63, 3.8) is 0 Å². The first-order chi connectivity index (χ1) is 17.4. The van der Waals surface area contributed by atoms with E-state index < -0.39 is 12.1 Å². The van der Waals surface area contributed by atoms with E-state index in [4.69, 9.17) is 0 Å². The van der Waals surface area contributed by atoms with Crippen LogP contribution in [-0.2, 0) is 9.59 Å². The lowest BCUT2D eigenvalue weighted by Crippen LogP contribution is -2.55. The number of hydrogen-bond acceptors (Lipinski definition) is 3. The van der Waals surface area contributed by atoms with Crippen LogP contribution in [-0.4, -0.2) is 23.0 Å². The molecular formula is C30H25F2NO3. The van der Waals surface area contributed by atoms with E-state index in [0.29, 0.717) is 23.2 Å². The molecule has 1 fully saturated rings. The monoisotopic (exact) mass is 485 g/mol. The van der Waals surface area contributed by atoms with Crippen molar-refractivity contribution < 1.29 is 23.5 Å². The Kier molecular flexibility index (Phi) is 6.51. The summed E-state index contributed by atoms with van der Waals surface area (Å²) >= 11 is 0. The van der Waals surface area contributed by atoms with E-state index in [1.807, 2.05) is 36.4 Å². The summed E-state index contributed by atoms with van der Waals surface area (Å²) in [4.78, 5) is 27.5. The van der Waals surface area contributed by atoms with Crippen LogP contribution in [0.15, 0.2) is 96.6 Å². The highest BCUT2D eigenvalue weighted by Gasteiger charge is 2.48. The fraction of sp³-hybridized carbons (Fsp3) is 0.200. The number of anilines is 1. The van der Waals surface area contributed by atoms with Crippen LogP contribution >= 0.6 is 0 Å². The third-order valence-corrected chi connectivity index (χ3v) is 6.84. The maximum Gasteiger partial charge on any atom is 0.233 e. The zero-order chi connectivity index (χ0) is 25.2. The van der Waals surface area contributed by atoms with Gasteiger partial charge in [-0.1, -0.05) is 54.6 Å². The first-order valence-electron chi connectivity index (χ1n) is 11.9. The topological polar surface area (TPSA) is 57.6 Å². The van der Waals surface area contributed by atoms with Crippen LogP contribution in [0.1, 0.15) is 30.9 Å². The van der Waals surface area contributed by atoms with Gasteiger partial charge in [-0.05, 0) is 54.0 Å². The van der Waals surface area contributed by atoms with Gasteiger partial charge in [-0.2, -0.15) is 0 Å². The summed E-state index contributed by atoms with van der Waals surface area (Å²) in [5, 5.41) is 10.2. The van der Waals surface area contributed by atoms with Crippen molar-refractivity contribution in [2.45, 2.75) is 31.5 Å². The molecule has 1 aliphatic carbocycles. The zero-order valence-electron chi connectivity index (χ0n) is 19.5. The Balaban J connectivity index is 1.39. The van der Waals surface area contributed by atoms with Gasteiger partial charge in [0.15, 0.2) is 5.78 Å². The summed E-state index contributed by atoms with van der Waals surface area (Å²) < 4.78 is 26.9. The number of rotatable bonds is 7. The summed E-state index contributed by atoms with van der Waals surface area (Å²) in [5.41, 5.74) is 3.49. The number of ketones is 1. The van der Waals surface area contributed by atoms with E-state index >= 15 is 0 Å². The summed E-state index contributed by atoms with van der Waals surface area (Å²) in [6, 6.07) is 20.1. The number of allylic oxidation sites excluding steroid dienone is 4. The first kappa shape index (κ1) is 23.7. The molecule has 3 aromatic carbocycles. The molecule has 3 aromatic rings. The molecular weight excluding hydrogens is 460 g/mol. The molecule has 182 valence electrons. The minimum absolute atomic E-state index is 0.111. The average Bonchev–Trinajstić information content (AvgIpc) is 2.89. The van der Waals surface area contributed by atoms with Crippen molar-refractivity contribution in [1.29, 1.82) is 0 Å². The maximum atomic E-state index is 13.5. The molecule has 2 unspecified atom stereocenters. The highest BCUT2D eigenvalue weighted by Crippen LogP contribution is 2.46. The predicted molar refractivity (Wildman–Crippen MR) is 135 cm³/mol. The normalized spacial score (nSPS) is 21.2. The number of aromatic hydroxyl groups is 1. The van der Waals surface area contributed by atoms with E-state index in [1.165, 1.54) is 24.3 Å². The van der Waals surface area contributed by atoms with E-state index in [0.717, 1.165) is 11.1 Å². The van der Waals surface area contributed by atoms with Crippen molar-refractivity contribution in [2.75, 3.05) is 4.90 Å². The molecule has 0 bridgehead atoms. The lowest BCUT2D eigenvalue weighted by atomic mass is 9.78. The number of benzene rings is 3. The Morgan fingerprint density at radius 3 is 2.39 bits per heavy atom. The maximum absolute atomic E-state index is 13.5. The van der Waals surface area contributed by atoms with Gasteiger partial charge < -0.3 is 10.0 Å². The van der Waals surface area contributed by atoms with Gasteiger partial charge in [-0.3, -0.25) is 9.59 Å². The molecule has 3 atom stereocenters. The van der Waals surface area contributed by atoms with Crippen molar-refractivity contribution in [3.8, 4) is 16.9 Å². The molecule has 36 heavy (non-hydrogen) atoms. The van der Waals surface area contributed by atoms with Gasteiger partial charge in [0.05, 0.1) is 12.0 Å². The van der Waals surface area contributed by atoms with Crippen LogP contribution in [0.2, 0.25) is 0 Å². The highest BCUT2D eigenvalue weighted by atomic mass is 19.1. The molecule has 0 spiro atoms. The first-order valence-corrected chi connectivity index (χ1v) is 11.9. The Labute approximate surface area is 208 Å². The van der Waals surface area contributed by atoms with Gasteiger partial charge in [-0.25, -0.2) is 8.78 Å². The van der Waals surface area contributed by atoms with Gasteiger partial charge in [0, 0.05) is 29.7 Å². The number of hydrogen-bond donors (Lipinski definition) is 1. The van der Waals surface area contributed by atoms with Crippen LogP contribution in [0.25, 0.3) is 11.1 Å². The molecule has 6 heteroatoms. The SMILES string of the molecule is O=C(CCC1C(=O)N(c2ccc(F)cc2)[C@@H]1c1ccc(-c2ccccc2O)cc1)C1=CCC(F)C=C1. The number of Topliss-reactive ketones (excluding diaryl/α,β-unsaturated/α-hetero) is 1. The second kappa shape index (κ2) is 9.90. The molecule has 1 amide bonds. The molecule has 1 saturated heterocycles. The van der Waals surface area contributed by atoms with Gasteiger partial charge in [0.2, 0.25) is 5.91 Å². The van der Waals surface area contributed by atoms with E-state index in [1.54, 1.807) is 35.2 Å². The number of carbonyl (C=O) groups is 2. The minimum Gasteiger partial charge on any atom is -0.507 e. The summed E-state index contributed by atoms with van der Waals surface area (Å²) in [6.45, 7) is 0. The number of nitrogens with zero attached hydrogens (tertiary/aromatic N) is 1. The molecule has 0 aromatic heterocycles. The Hall–Kier alpha value is -4.06. The highest BCUT2D eigenvalue weighted by molar-refractivity contribution is 6.04. The molecule has 1 N–H and O–H groups in total. The van der Waals surface area contributed by atoms with Crippen LogP contribution in [0.5, 0.6) is 5.75 Å². The quantitative estimate of drug-likeness (QED) is 0.390. The Morgan fingerprint density at radius 1 is 1.00 bits per heavy atom. The summed E-state index contributed by atoms with van der Waals surface area (Å²) in [7, 11) is 0. The average molecular weight is 486 g/mol. The third kappa shape index (κ3) is 4.59. The molecule has 0 radical (unpaired) electrons. The number of para-hydroxylation sites is 1. The summed E-state index contributed by atoms with van der Waals surface area (Å²) in [5.74, 6) is -0.863. The van der Waals surface area contributed by atoms with Gasteiger partial charge in [0.1, 0.15) is 17.7 Å². The third-order valence-electron chi connectivity index (χ3n) is 6.84.